The van der Waals surface area contributed by atoms with Gasteiger partial charge in [0, 0.05) is 18.2 Å². The molecule has 1 aromatic carbocycles. The van der Waals surface area contributed by atoms with Gasteiger partial charge in [-0.1, -0.05) is 0 Å². The number of nitro benzene ring substituents is 1. The van der Waals surface area contributed by atoms with Gasteiger partial charge in [-0.15, -0.1) is 0 Å². The van der Waals surface area contributed by atoms with Crippen LogP contribution in [0.3, 0.4) is 0 Å². The first-order chi connectivity index (χ1) is 9.62. The summed E-state index contributed by atoms with van der Waals surface area (Å²) in [5, 5.41) is 30.9. The zero-order chi connectivity index (χ0) is 16.2. The fourth-order valence-electron chi connectivity index (χ4n) is 1.56. The van der Waals surface area contributed by atoms with Crippen LogP contribution in [0.15, 0.2) is 18.2 Å². The standard InChI is InChI=1S/C12H13FN2O6/c1-12(19,5-10(16)17)6-14-11(18)7-2-3-9(15(20)21)8(13)4-7/h2-4,19H,5-6H2,1H3,(H,14,18)(H,16,17). The van der Waals surface area contributed by atoms with Crippen molar-refractivity contribution in [1.82, 2.24) is 5.32 Å². The molecule has 1 rings (SSSR count). The fourth-order valence-corrected chi connectivity index (χ4v) is 1.56. The second kappa shape index (κ2) is 6.27. The highest BCUT2D eigenvalue weighted by Crippen LogP contribution is 2.18. The van der Waals surface area contributed by atoms with E-state index in [4.69, 9.17) is 5.11 Å². The molecule has 0 aliphatic carbocycles. The molecule has 9 heteroatoms. The minimum atomic E-state index is -1.67. The Hall–Kier alpha value is -2.55. The van der Waals surface area contributed by atoms with Gasteiger partial charge in [-0.2, -0.15) is 4.39 Å². The third-order valence-corrected chi connectivity index (χ3v) is 2.57. The highest BCUT2D eigenvalue weighted by Gasteiger charge is 2.25. The highest BCUT2D eigenvalue weighted by atomic mass is 19.1. The van der Waals surface area contributed by atoms with E-state index in [9.17, 15) is 29.2 Å². The number of amides is 1. The van der Waals surface area contributed by atoms with Gasteiger partial charge in [-0.3, -0.25) is 19.7 Å². The largest absolute Gasteiger partial charge is 0.481 e. The topological polar surface area (TPSA) is 130 Å². The molecule has 21 heavy (non-hydrogen) atoms. The number of carbonyl (C=O) groups is 2. The van der Waals surface area contributed by atoms with E-state index in [1.807, 2.05) is 0 Å². The molecular weight excluding hydrogens is 287 g/mol. The van der Waals surface area contributed by atoms with Gasteiger partial charge < -0.3 is 15.5 Å². The van der Waals surface area contributed by atoms with Crippen LogP contribution in [0.4, 0.5) is 10.1 Å². The molecule has 0 fully saturated rings. The van der Waals surface area contributed by atoms with E-state index in [0.29, 0.717) is 6.07 Å². The number of halogens is 1. The Kier molecular flexibility index (Phi) is 4.93. The van der Waals surface area contributed by atoms with E-state index in [-0.39, 0.29) is 12.1 Å². The average molecular weight is 300 g/mol. The zero-order valence-electron chi connectivity index (χ0n) is 11.0. The Labute approximate surface area is 118 Å². The molecule has 0 saturated heterocycles. The number of nitro groups is 1. The molecule has 1 unspecified atom stereocenters. The molecule has 0 heterocycles. The summed E-state index contributed by atoms with van der Waals surface area (Å²) < 4.78 is 13.4. The van der Waals surface area contributed by atoms with Gasteiger partial charge in [0.1, 0.15) is 0 Å². The second-order valence-electron chi connectivity index (χ2n) is 4.67. The third kappa shape index (κ3) is 4.80. The maximum Gasteiger partial charge on any atom is 0.306 e. The van der Waals surface area contributed by atoms with E-state index >= 15 is 0 Å². The summed E-state index contributed by atoms with van der Waals surface area (Å²) in [6, 6.07) is 2.60. The SMILES string of the molecule is CC(O)(CNC(=O)c1ccc([N+](=O)[O-])c(F)c1)CC(=O)O. The van der Waals surface area contributed by atoms with Crippen molar-refractivity contribution >= 4 is 17.6 Å². The van der Waals surface area contributed by atoms with Crippen LogP contribution < -0.4 is 5.32 Å². The van der Waals surface area contributed by atoms with E-state index in [1.54, 1.807) is 0 Å². The van der Waals surface area contributed by atoms with E-state index in [0.717, 1.165) is 12.1 Å². The summed E-state index contributed by atoms with van der Waals surface area (Å²) in [5.74, 6) is -3.19. The molecule has 1 aromatic rings. The van der Waals surface area contributed by atoms with Crippen molar-refractivity contribution < 1.29 is 29.1 Å². The van der Waals surface area contributed by atoms with Crippen molar-refractivity contribution in [3.05, 3.63) is 39.7 Å². The average Bonchev–Trinajstić information content (AvgIpc) is 2.33. The van der Waals surface area contributed by atoms with E-state index in [1.165, 1.54) is 6.92 Å². The van der Waals surface area contributed by atoms with Gasteiger partial charge in [-0.05, 0) is 19.1 Å². The van der Waals surface area contributed by atoms with Crippen molar-refractivity contribution in [2.45, 2.75) is 18.9 Å². The molecule has 0 spiro atoms. The monoisotopic (exact) mass is 300 g/mol. The predicted molar refractivity (Wildman–Crippen MR) is 68.3 cm³/mol. The maximum absolute atomic E-state index is 13.4. The lowest BCUT2D eigenvalue weighted by Crippen LogP contribution is -2.42. The van der Waals surface area contributed by atoms with Gasteiger partial charge in [0.25, 0.3) is 5.91 Å². The van der Waals surface area contributed by atoms with Crippen LogP contribution in [0.2, 0.25) is 0 Å². The normalized spacial score (nSPS) is 13.3. The number of carbonyl (C=O) groups excluding carboxylic acids is 1. The number of benzene rings is 1. The van der Waals surface area contributed by atoms with Gasteiger partial charge in [0.2, 0.25) is 5.82 Å². The lowest BCUT2D eigenvalue weighted by molar-refractivity contribution is -0.387. The molecule has 0 saturated carbocycles. The first kappa shape index (κ1) is 16.5. The molecule has 0 aromatic heterocycles. The lowest BCUT2D eigenvalue weighted by Gasteiger charge is -2.21. The summed E-state index contributed by atoms with van der Waals surface area (Å²) in [7, 11) is 0. The van der Waals surface area contributed by atoms with Crippen LogP contribution in [-0.4, -0.2) is 39.2 Å². The van der Waals surface area contributed by atoms with E-state index in [2.05, 4.69) is 5.32 Å². The quantitative estimate of drug-likeness (QED) is 0.523. The Balaban J connectivity index is 2.75. The molecule has 114 valence electrons. The molecule has 0 bridgehead atoms. The molecule has 0 aliphatic heterocycles. The van der Waals surface area contributed by atoms with E-state index < -0.39 is 40.3 Å². The molecule has 0 aliphatic rings. The van der Waals surface area contributed by atoms with Crippen molar-refractivity contribution in [3.8, 4) is 0 Å². The van der Waals surface area contributed by atoms with Gasteiger partial charge in [0.15, 0.2) is 0 Å². The van der Waals surface area contributed by atoms with Crippen molar-refractivity contribution in [1.29, 1.82) is 0 Å². The van der Waals surface area contributed by atoms with Gasteiger partial charge in [-0.25, -0.2) is 0 Å². The first-order valence-corrected chi connectivity index (χ1v) is 5.79. The third-order valence-electron chi connectivity index (χ3n) is 2.57. The smallest absolute Gasteiger partial charge is 0.306 e. The van der Waals surface area contributed by atoms with Gasteiger partial charge >= 0.3 is 11.7 Å². The zero-order valence-corrected chi connectivity index (χ0v) is 11.0. The molecule has 1 amide bonds. The number of nitrogens with one attached hydrogen (secondary N) is 1. The number of nitrogens with zero attached hydrogens (tertiary/aromatic N) is 1. The van der Waals surface area contributed by atoms with Crippen LogP contribution >= 0.6 is 0 Å². The Morgan fingerprint density at radius 1 is 1.48 bits per heavy atom. The van der Waals surface area contributed by atoms with Crippen LogP contribution in [0, 0.1) is 15.9 Å². The van der Waals surface area contributed by atoms with Crippen molar-refractivity contribution in [2.75, 3.05) is 6.54 Å². The van der Waals surface area contributed by atoms with Crippen LogP contribution in [-0.2, 0) is 4.79 Å². The molecule has 3 N–H and O–H groups in total. The number of aliphatic carboxylic acids is 1. The lowest BCUT2D eigenvalue weighted by atomic mass is 10.0. The van der Waals surface area contributed by atoms with Crippen LogP contribution in [0.5, 0.6) is 0 Å². The van der Waals surface area contributed by atoms with Crippen molar-refractivity contribution in [2.24, 2.45) is 0 Å². The number of hydrogen-bond acceptors (Lipinski definition) is 5. The minimum Gasteiger partial charge on any atom is -0.481 e. The fraction of sp³-hybridized carbons (Fsp3) is 0.333. The molecule has 0 radical (unpaired) electrons. The Bertz CT molecular complexity index is 587. The maximum atomic E-state index is 13.4. The Morgan fingerprint density at radius 3 is 2.57 bits per heavy atom. The summed E-state index contributed by atoms with van der Waals surface area (Å²) in [6.07, 6.45) is -0.581. The number of hydrogen-bond donors (Lipinski definition) is 3. The summed E-state index contributed by atoms with van der Waals surface area (Å²) >= 11 is 0. The summed E-state index contributed by atoms with van der Waals surface area (Å²) in [5.41, 5.74) is -2.60. The molecule has 1 atom stereocenters. The second-order valence-corrected chi connectivity index (χ2v) is 4.67. The Morgan fingerprint density at radius 2 is 2.10 bits per heavy atom. The number of aliphatic hydroxyl groups is 1. The number of carboxylic acids is 1. The minimum absolute atomic E-state index is 0.177. The molecule has 8 nitrogen and oxygen atoms in total. The predicted octanol–water partition coefficient (Wildman–Crippen LogP) is 0.689. The summed E-state index contributed by atoms with van der Waals surface area (Å²) in [4.78, 5) is 31.7. The van der Waals surface area contributed by atoms with Crippen molar-refractivity contribution in [3.63, 3.8) is 0 Å². The van der Waals surface area contributed by atoms with Crippen LogP contribution in [0.1, 0.15) is 23.7 Å². The van der Waals surface area contributed by atoms with Crippen LogP contribution in [0.25, 0.3) is 0 Å². The summed E-state index contributed by atoms with van der Waals surface area (Å²) in [6.45, 7) is 0.856. The van der Waals surface area contributed by atoms with Gasteiger partial charge in [0.05, 0.1) is 16.9 Å². The number of rotatable bonds is 6. The number of carboxylic acid groups (broad SMARTS) is 1. The first-order valence-electron chi connectivity index (χ1n) is 5.79. The molecular formula is C12H13FN2O6. The highest BCUT2D eigenvalue weighted by molar-refractivity contribution is 5.94.